The topological polar surface area (TPSA) is 17.8 Å². The third kappa shape index (κ3) is 2.26. The Hall–Kier alpha value is -0.100. The smallest absolute Gasteiger partial charge is 0.106 e. The Balaban J connectivity index is 2.10. The molecule has 0 aromatic carbocycles. The molecule has 3 rings (SSSR count). The molecule has 0 N–H and O–H groups in total. The molecule has 0 aliphatic heterocycles. The molecule has 0 radical (unpaired) electrons. The van der Waals surface area contributed by atoms with Crippen molar-refractivity contribution in [2.24, 2.45) is 0 Å². The van der Waals surface area contributed by atoms with Crippen molar-refractivity contribution in [1.82, 2.24) is 9.55 Å². The first-order valence-corrected chi connectivity index (χ1v) is 7.94. The molecule has 0 amide bonds. The van der Waals surface area contributed by atoms with Crippen molar-refractivity contribution in [2.45, 2.75) is 38.1 Å². The van der Waals surface area contributed by atoms with Crippen LogP contribution in [0.15, 0.2) is 23.1 Å². The van der Waals surface area contributed by atoms with Crippen molar-refractivity contribution in [3.8, 4) is 0 Å². The molecule has 4 heteroatoms. The van der Waals surface area contributed by atoms with Gasteiger partial charge in [0.15, 0.2) is 0 Å². The van der Waals surface area contributed by atoms with E-state index in [-0.39, 0.29) is 0 Å². The van der Waals surface area contributed by atoms with E-state index in [4.69, 9.17) is 0 Å². The number of hydrogen-bond donors (Lipinski definition) is 0. The summed E-state index contributed by atoms with van der Waals surface area (Å²) in [5.41, 5.74) is 1.28. The lowest BCUT2D eigenvalue weighted by molar-refractivity contribution is 0.360. The van der Waals surface area contributed by atoms with E-state index in [2.05, 4.69) is 60.3 Å². The van der Waals surface area contributed by atoms with Crippen LogP contribution in [0.3, 0.4) is 0 Å². The Bertz CT molecular complexity index is 544. The van der Waals surface area contributed by atoms with Gasteiger partial charge in [-0.1, -0.05) is 19.3 Å². The molecular weight excluding hydrogens is 391 g/mol. The van der Waals surface area contributed by atoms with Gasteiger partial charge in [0, 0.05) is 21.2 Å². The molecule has 2 nitrogen and oxygen atoms in total. The van der Waals surface area contributed by atoms with Crippen molar-refractivity contribution in [1.29, 1.82) is 0 Å². The first kappa shape index (κ1) is 12.0. The number of nitrogens with zero attached hydrogens (tertiary/aromatic N) is 2. The molecule has 1 aliphatic carbocycles. The average Bonchev–Trinajstić information content (AvgIpc) is 2.68. The maximum atomic E-state index is 4.37. The van der Waals surface area contributed by atoms with Crippen molar-refractivity contribution in [3.63, 3.8) is 0 Å². The van der Waals surface area contributed by atoms with Crippen molar-refractivity contribution in [3.05, 3.63) is 26.6 Å². The second-order valence-corrected chi connectivity index (χ2v) is 6.67. The van der Waals surface area contributed by atoms with E-state index in [1.54, 1.807) is 0 Å². The summed E-state index contributed by atoms with van der Waals surface area (Å²) in [7, 11) is 0. The van der Waals surface area contributed by atoms with Gasteiger partial charge in [0.25, 0.3) is 0 Å². The SMILES string of the molecule is Brc1cc2c(I)cn(C3CCCCC3)c2cn1. The molecule has 2 heterocycles. The maximum absolute atomic E-state index is 4.37. The average molecular weight is 405 g/mol. The van der Waals surface area contributed by atoms with E-state index < -0.39 is 0 Å². The lowest BCUT2D eigenvalue weighted by atomic mass is 9.95. The second kappa shape index (κ2) is 4.88. The molecule has 90 valence electrons. The van der Waals surface area contributed by atoms with Crippen molar-refractivity contribution < 1.29 is 0 Å². The minimum absolute atomic E-state index is 0.678. The van der Waals surface area contributed by atoms with Crippen LogP contribution < -0.4 is 0 Å². The minimum Gasteiger partial charge on any atom is -0.342 e. The Labute approximate surface area is 123 Å². The Morgan fingerprint density at radius 2 is 2.06 bits per heavy atom. The van der Waals surface area contributed by atoms with Crippen LogP contribution in [0.4, 0.5) is 0 Å². The molecule has 0 bridgehead atoms. The number of rotatable bonds is 1. The molecule has 1 saturated carbocycles. The van der Waals surface area contributed by atoms with Crippen molar-refractivity contribution in [2.75, 3.05) is 0 Å². The van der Waals surface area contributed by atoms with Gasteiger partial charge < -0.3 is 4.57 Å². The first-order valence-electron chi connectivity index (χ1n) is 6.07. The number of aromatic nitrogens is 2. The number of hydrogen-bond acceptors (Lipinski definition) is 1. The van der Waals surface area contributed by atoms with Gasteiger partial charge in [-0.25, -0.2) is 4.98 Å². The number of fused-ring (bicyclic) bond motifs is 1. The third-order valence-electron chi connectivity index (χ3n) is 3.61. The van der Waals surface area contributed by atoms with Crippen LogP contribution in [0.2, 0.25) is 0 Å². The fraction of sp³-hybridized carbons (Fsp3) is 0.462. The van der Waals surface area contributed by atoms with Gasteiger partial charge in [-0.3, -0.25) is 0 Å². The molecule has 1 aliphatic rings. The standard InChI is InChI=1S/C13H14BrIN2/c14-13-6-10-11(15)8-17(12(10)7-16-13)9-4-2-1-3-5-9/h6-9H,1-5H2. The summed E-state index contributed by atoms with van der Waals surface area (Å²) < 4.78 is 4.69. The summed E-state index contributed by atoms with van der Waals surface area (Å²) in [5, 5.41) is 1.32. The summed E-state index contributed by atoms with van der Waals surface area (Å²) in [5.74, 6) is 0. The molecule has 0 unspecified atom stereocenters. The van der Waals surface area contributed by atoms with E-state index in [0.29, 0.717) is 6.04 Å². The first-order chi connectivity index (χ1) is 8.25. The van der Waals surface area contributed by atoms with E-state index in [9.17, 15) is 0 Å². The third-order valence-corrected chi connectivity index (χ3v) is 4.90. The zero-order chi connectivity index (χ0) is 11.8. The maximum Gasteiger partial charge on any atom is 0.106 e. The lowest BCUT2D eigenvalue weighted by Crippen LogP contribution is -2.11. The van der Waals surface area contributed by atoms with Gasteiger partial charge in [-0.05, 0) is 57.4 Å². The lowest BCUT2D eigenvalue weighted by Gasteiger charge is -2.24. The molecule has 0 spiro atoms. The normalized spacial score (nSPS) is 17.8. The second-order valence-electron chi connectivity index (χ2n) is 4.70. The zero-order valence-corrected chi connectivity index (χ0v) is 13.2. The van der Waals surface area contributed by atoms with Gasteiger partial charge >= 0.3 is 0 Å². The van der Waals surface area contributed by atoms with Crippen LogP contribution in [-0.4, -0.2) is 9.55 Å². The van der Waals surface area contributed by atoms with E-state index in [0.717, 1.165) is 4.60 Å². The summed E-state index contributed by atoms with van der Waals surface area (Å²) in [4.78, 5) is 4.37. The molecule has 1 fully saturated rings. The van der Waals surface area contributed by atoms with Gasteiger partial charge in [-0.15, -0.1) is 0 Å². The van der Waals surface area contributed by atoms with Gasteiger partial charge in [0.05, 0.1) is 11.7 Å². The largest absolute Gasteiger partial charge is 0.342 e. The van der Waals surface area contributed by atoms with E-state index in [1.807, 2.05) is 6.20 Å². The summed E-state index contributed by atoms with van der Waals surface area (Å²) in [6, 6.07) is 2.80. The monoisotopic (exact) mass is 404 g/mol. The predicted octanol–water partition coefficient (Wildman–Crippen LogP) is 4.91. The summed E-state index contributed by atoms with van der Waals surface area (Å²) >= 11 is 5.87. The molecular formula is C13H14BrIN2. The van der Waals surface area contributed by atoms with E-state index in [1.165, 1.54) is 46.6 Å². The van der Waals surface area contributed by atoms with Crippen LogP contribution in [0.25, 0.3) is 10.9 Å². The number of halogens is 2. The highest BCUT2D eigenvalue weighted by molar-refractivity contribution is 14.1. The fourth-order valence-electron chi connectivity index (χ4n) is 2.74. The van der Waals surface area contributed by atoms with Crippen LogP contribution in [0.5, 0.6) is 0 Å². The van der Waals surface area contributed by atoms with Gasteiger partial charge in [0.2, 0.25) is 0 Å². The zero-order valence-electron chi connectivity index (χ0n) is 9.50. The fourth-order valence-corrected chi connectivity index (χ4v) is 3.81. The Morgan fingerprint density at radius 3 is 2.82 bits per heavy atom. The van der Waals surface area contributed by atoms with E-state index >= 15 is 0 Å². The Morgan fingerprint density at radius 1 is 1.29 bits per heavy atom. The van der Waals surface area contributed by atoms with Crippen LogP contribution >= 0.6 is 38.5 Å². The molecule has 2 aromatic rings. The predicted molar refractivity (Wildman–Crippen MR) is 82.3 cm³/mol. The van der Waals surface area contributed by atoms with Gasteiger partial charge in [-0.2, -0.15) is 0 Å². The van der Waals surface area contributed by atoms with Gasteiger partial charge in [0.1, 0.15) is 4.60 Å². The van der Waals surface area contributed by atoms with Crippen LogP contribution in [0.1, 0.15) is 38.1 Å². The molecule has 0 atom stereocenters. The Kier molecular flexibility index (Phi) is 3.43. The van der Waals surface area contributed by atoms with Crippen molar-refractivity contribution >= 4 is 49.4 Å². The minimum atomic E-state index is 0.678. The molecule has 2 aromatic heterocycles. The van der Waals surface area contributed by atoms with Crippen LogP contribution in [-0.2, 0) is 0 Å². The highest BCUT2D eigenvalue weighted by atomic mass is 127. The molecule has 17 heavy (non-hydrogen) atoms. The number of pyridine rings is 1. The molecule has 0 saturated heterocycles. The summed E-state index contributed by atoms with van der Waals surface area (Å²) in [6.45, 7) is 0. The summed E-state index contributed by atoms with van der Waals surface area (Å²) in [6.07, 6.45) is 11.0. The quantitative estimate of drug-likeness (QED) is 0.487. The van der Waals surface area contributed by atoms with Crippen LogP contribution in [0, 0.1) is 3.57 Å². The highest BCUT2D eigenvalue weighted by Gasteiger charge is 2.18. The highest BCUT2D eigenvalue weighted by Crippen LogP contribution is 2.34.